The number of hydrogen-bond acceptors (Lipinski definition) is 3. The van der Waals surface area contributed by atoms with Crippen molar-refractivity contribution in [2.45, 2.75) is 37.9 Å². The van der Waals surface area contributed by atoms with E-state index in [-0.39, 0.29) is 11.3 Å². The van der Waals surface area contributed by atoms with Crippen LogP contribution >= 0.6 is 0 Å². The highest BCUT2D eigenvalue weighted by molar-refractivity contribution is 6.08. The molecule has 0 saturated heterocycles. The molecule has 0 spiro atoms. The predicted molar refractivity (Wildman–Crippen MR) is 103 cm³/mol. The molecule has 1 aliphatic carbocycles. The number of benzene rings is 2. The summed E-state index contributed by atoms with van der Waals surface area (Å²) in [5.74, 6) is -0.0668. The van der Waals surface area contributed by atoms with Gasteiger partial charge in [-0.05, 0) is 54.5 Å². The minimum absolute atomic E-state index is 0.0409. The maximum absolute atomic E-state index is 12.9. The summed E-state index contributed by atoms with van der Waals surface area (Å²) in [6, 6.07) is 11.1. The third kappa shape index (κ3) is 3.87. The number of amides is 1. The van der Waals surface area contributed by atoms with Crippen molar-refractivity contribution >= 4 is 16.9 Å². The van der Waals surface area contributed by atoms with E-state index in [0.717, 1.165) is 11.1 Å². The number of alkyl halides is 3. The highest BCUT2D eigenvalue weighted by atomic mass is 19.4. The molecule has 4 rings (SSSR count). The van der Waals surface area contributed by atoms with Crippen LogP contribution in [-0.4, -0.2) is 29.8 Å². The van der Waals surface area contributed by atoms with Crippen LogP contribution in [0.2, 0.25) is 0 Å². The number of nitrogens with one attached hydrogen (secondary N) is 1. The second-order valence-electron chi connectivity index (χ2n) is 7.39. The van der Waals surface area contributed by atoms with Crippen molar-refractivity contribution in [1.82, 2.24) is 5.32 Å². The van der Waals surface area contributed by atoms with Crippen LogP contribution in [0, 0.1) is 6.92 Å². The van der Waals surface area contributed by atoms with Crippen LogP contribution < -0.4 is 5.32 Å². The van der Waals surface area contributed by atoms with Gasteiger partial charge in [0.2, 0.25) is 0 Å². The van der Waals surface area contributed by atoms with Gasteiger partial charge in [0.1, 0.15) is 17.4 Å². The summed E-state index contributed by atoms with van der Waals surface area (Å²) >= 11 is 0. The zero-order chi connectivity index (χ0) is 20.8. The number of halogens is 3. The molecule has 1 heterocycles. The summed E-state index contributed by atoms with van der Waals surface area (Å²) in [4.78, 5) is 12.5. The second-order valence-corrected chi connectivity index (χ2v) is 7.39. The number of rotatable bonds is 5. The lowest BCUT2D eigenvalue weighted by Gasteiger charge is -2.19. The van der Waals surface area contributed by atoms with Crippen molar-refractivity contribution in [1.29, 1.82) is 0 Å². The molecular formula is C22H20F3NO3. The monoisotopic (exact) mass is 403 g/mol. The standard InChI is InChI=1S/C22H20F3NO3/c1-12-20(21(28)26-19(11-27)22(23,24)25)17-10-16(8-9-18(17)29-12)15-6-4-14(5-7-15)13-2-3-13/h4-10,13,19,27H,2-3,11H2,1H3,(H,26,28). The molecule has 7 heteroatoms. The van der Waals surface area contributed by atoms with E-state index in [2.05, 4.69) is 12.1 Å². The lowest BCUT2D eigenvalue weighted by atomic mass is 9.99. The van der Waals surface area contributed by atoms with Gasteiger partial charge in [-0.1, -0.05) is 30.3 Å². The number of aryl methyl sites for hydroxylation is 1. The van der Waals surface area contributed by atoms with Gasteiger partial charge < -0.3 is 14.8 Å². The highest BCUT2D eigenvalue weighted by Crippen LogP contribution is 2.40. The van der Waals surface area contributed by atoms with E-state index in [1.807, 2.05) is 23.5 Å². The smallest absolute Gasteiger partial charge is 0.410 e. The number of carbonyl (C=O) groups is 1. The maximum Gasteiger partial charge on any atom is 0.410 e. The Hall–Kier alpha value is -2.80. The summed E-state index contributed by atoms with van der Waals surface area (Å²) in [7, 11) is 0. The van der Waals surface area contributed by atoms with Gasteiger partial charge in [-0.25, -0.2) is 0 Å². The quantitative estimate of drug-likeness (QED) is 0.634. The van der Waals surface area contributed by atoms with Gasteiger partial charge in [-0.3, -0.25) is 4.79 Å². The number of hydrogen-bond donors (Lipinski definition) is 2. The minimum atomic E-state index is -4.74. The first kappa shape index (κ1) is 19.5. The van der Waals surface area contributed by atoms with E-state index in [1.165, 1.54) is 25.3 Å². The first-order valence-corrected chi connectivity index (χ1v) is 9.40. The molecule has 1 amide bonds. The maximum atomic E-state index is 12.9. The lowest BCUT2D eigenvalue weighted by molar-refractivity contribution is -0.161. The molecule has 152 valence electrons. The van der Waals surface area contributed by atoms with Gasteiger partial charge in [-0.15, -0.1) is 0 Å². The van der Waals surface area contributed by atoms with Crippen LogP contribution in [0.4, 0.5) is 13.2 Å². The van der Waals surface area contributed by atoms with Crippen molar-refractivity contribution in [3.8, 4) is 11.1 Å². The van der Waals surface area contributed by atoms with Crippen molar-refractivity contribution in [3.05, 3.63) is 59.4 Å². The molecule has 2 N–H and O–H groups in total. The Morgan fingerprint density at radius 3 is 2.41 bits per heavy atom. The first-order chi connectivity index (χ1) is 13.8. The van der Waals surface area contributed by atoms with Gasteiger partial charge in [0.05, 0.1) is 12.2 Å². The molecule has 3 aromatic rings. The van der Waals surface area contributed by atoms with Gasteiger partial charge in [0.15, 0.2) is 0 Å². The van der Waals surface area contributed by atoms with Crippen LogP contribution in [0.25, 0.3) is 22.1 Å². The molecule has 1 aromatic heterocycles. The van der Waals surface area contributed by atoms with E-state index >= 15 is 0 Å². The topological polar surface area (TPSA) is 62.5 Å². The predicted octanol–water partition coefficient (Wildman–Crippen LogP) is 4.94. The molecule has 1 atom stereocenters. The number of aliphatic hydroxyl groups excluding tert-OH is 1. The Bertz CT molecular complexity index is 1050. The number of aliphatic hydroxyl groups is 1. The van der Waals surface area contributed by atoms with E-state index < -0.39 is 24.7 Å². The fraction of sp³-hybridized carbons (Fsp3) is 0.318. The molecule has 2 aromatic carbocycles. The van der Waals surface area contributed by atoms with Crippen molar-refractivity contribution < 1.29 is 27.5 Å². The summed E-state index contributed by atoms with van der Waals surface area (Å²) in [6.07, 6.45) is -2.32. The Labute approximate surface area is 165 Å². The van der Waals surface area contributed by atoms with Crippen molar-refractivity contribution in [2.24, 2.45) is 0 Å². The highest BCUT2D eigenvalue weighted by Gasteiger charge is 2.40. The summed E-state index contributed by atoms with van der Waals surface area (Å²) in [6.45, 7) is 0.295. The van der Waals surface area contributed by atoms with Crippen LogP contribution in [0.3, 0.4) is 0 Å². The number of fused-ring (bicyclic) bond motifs is 1. The minimum Gasteiger partial charge on any atom is -0.461 e. The summed E-state index contributed by atoms with van der Waals surface area (Å²) < 4.78 is 44.3. The fourth-order valence-electron chi connectivity index (χ4n) is 3.51. The Morgan fingerprint density at radius 2 is 1.83 bits per heavy atom. The van der Waals surface area contributed by atoms with Crippen LogP contribution in [0.15, 0.2) is 46.9 Å². The Kier molecular flexibility index (Phi) is 4.86. The average Bonchev–Trinajstić information content (AvgIpc) is 3.47. The van der Waals surface area contributed by atoms with Gasteiger partial charge in [0.25, 0.3) is 5.91 Å². The fourth-order valence-corrected chi connectivity index (χ4v) is 3.51. The molecule has 1 aliphatic rings. The molecule has 1 fully saturated rings. The van der Waals surface area contributed by atoms with Crippen LogP contribution in [-0.2, 0) is 0 Å². The van der Waals surface area contributed by atoms with E-state index in [0.29, 0.717) is 16.9 Å². The summed E-state index contributed by atoms with van der Waals surface area (Å²) in [5, 5.41) is 11.3. The second kappa shape index (κ2) is 7.22. The number of furan rings is 1. The van der Waals surface area contributed by atoms with Crippen molar-refractivity contribution in [3.63, 3.8) is 0 Å². The molecule has 29 heavy (non-hydrogen) atoms. The van der Waals surface area contributed by atoms with Crippen LogP contribution in [0.5, 0.6) is 0 Å². The molecular weight excluding hydrogens is 383 g/mol. The largest absolute Gasteiger partial charge is 0.461 e. The Balaban J connectivity index is 1.68. The van der Waals surface area contributed by atoms with Gasteiger partial charge in [-0.2, -0.15) is 13.2 Å². The van der Waals surface area contributed by atoms with Crippen LogP contribution in [0.1, 0.15) is 40.4 Å². The Morgan fingerprint density at radius 1 is 1.17 bits per heavy atom. The third-order valence-electron chi connectivity index (χ3n) is 5.27. The SMILES string of the molecule is Cc1oc2ccc(-c3ccc(C4CC4)cc3)cc2c1C(=O)NC(CO)C(F)(F)F. The van der Waals surface area contributed by atoms with Crippen molar-refractivity contribution in [2.75, 3.05) is 6.61 Å². The van der Waals surface area contributed by atoms with E-state index in [9.17, 15) is 18.0 Å². The average molecular weight is 403 g/mol. The van der Waals surface area contributed by atoms with Gasteiger partial charge in [0, 0.05) is 5.39 Å². The molecule has 0 bridgehead atoms. The third-order valence-corrected chi connectivity index (χ3v) is 5.27. The zero-order valence-corrected chi connectivity index (χ0v) is 15.7. The molecule has 4 nitrogen and oxygen atoms in total. The molecule has 0 radical (unpaired) electrons. The lowest BCUT2D eigenvalue weighted by Crippen LogP contribution is -2.47. The van der Waals surface area contributed by atoms with E-state index in [4.69, 9.17) is 9.52 Å². The summed E-state index contributed by atoms with van der Waals surface area (Å²) in [5.41, 5.74) is 3.54. The molecule has 1 saturated carbocycles. The molecule has 1 unspecified atom stereocenters. The normalized spacial score (nSPS) is 15.5. The van der Waals surface area contributed by atoms with Gasteiger partial charge >= 0.3 is 6.18 Å². The first-order valence-electron chi connectivity index (χ1n) is 9.40. The zero-order valence-electron chi connectivity index (χ0n) is 15.7. The van der Waals surface area contributed by atoms with E-state index in [1.54, 1.807) is 12.1 Å². The molecule has 0 aliphatic heterocycles. The number of carbonyl (C=O) groups excluding carboxylic acids is 1.